The molecule has 0 radical (unpaired) electrons. The first-order valence-corrected chi connectivity index (χ1v) is 6.63. The van der Waals surface area contributed by atoms with Gasteiger partial charge in [-0.2, -0.15) is 0 Å². The number of halogens is 1. The molecule has 0 aromatic heterocycles. The van der Waals surface area contributed by atoms with Crippen LogP contribution in [0.3, 0.4) is 0 Å². The standard InChI is InChI=1S/C13H25N3O.ClH/c1-12(2,3)15-11(17)8-16-7-5-13(10-16)4-6-14-9-13;/h14H,4-10H2,1-3H3,(H,15,17);1H. The number of nitrogens with zero attached hydrogens (tertiary/aromatic N) is 1. The lowest BCUT2D eigenvalue weighted by Crippen LogP contribution is -2.45. The van der Waals surface area contributed by atoms with Gasteiger partial charge in [0.15, 0.2) is 0 Å². The van der Waals surface area contributed by atoms with E-state index in [-0.39, 0.29) is 23.9 Å². The van der Waals surface area contributed by atoms with Gasteiger partial charge in [0.2, 0.25) is 5.91 Å². The van der Waals surface area contributed by atoms with E-state index in [9.17, 15) is 4.79 Å². The van der Waals surface area contributed by atoms with E-state index in [0.717, 1.165) is 26.2 Å². The van der Waals surface area contributed by atoms with E-state index in [1.807, 2.05) is 20.8 Å². The van der Waals surface area contributed by atoms with Gasteiger partial charge in [-0.25, -0.2) is 0 Å². The van der Waals surface area contributed by atoms with Crippen molar-refractivity contribution < 1.29 is 4.79 Å². The normalized spacial score (nSPS) is 28.4. The zero-order valence-corrected chi connectivity index (χ0v) is 12.5. The Balaban J connectivity index is 0.00000162. The maximum absolute atomic E-state index is 11.8. The Morgan fingerprint density at radius 2 is 2.11 bits per heavy atom. The first-order chi connectivity index (χ1) is 7.89. The molecular weight excluding hydrogens is 250 g/mol. The fourth-order valence-electron chi connectivity index (χ4n) is 2.97. The summed E-state index contributed by atoms with van der Waals surface area (Å²) in [4.78, 5) is 14.1. The maximum atomic E-state index is 11.8. The molecular formula is C13H26ClN3O. The molecule has 0 aliphatic carbocycles. The SMILES string of the molecule is CC(C)(C)NC(=O)CN1CCC2(CCNC2)C1.Cl. The molecule has 2 aliphatic rings. The third-order valence-corrected chi connectivity index (χ3v) is 3.73. The van der Waals surface area contributed by atoms with Crippen LogP contribution in [0.15, 0.2) is 0 Å². The molecule has 1 spiro atoms. The molecule has 4 nitrogen and oxygen atoms in total. The van der Waals surface area contributed by atoms with Crippen molar-refractivity contribution in [1.82, 2.24) is 15.5 Å². The monoisotopic (exact) mass is 275 g/mol. The van der Waals surface area contributed by atoms with Crippen molar-refractivity contribution >= 4 is 18.3 Å². The van der Waals surface area contributed by atoms with Crippen molar-refractivity contribution in [1.29, 1.82) is 0 Å². The van der Waals surface area contributed by atoms with Crippen LogP contribution < -0.4 is 10.6 Å². The number of hydrogen-bond donors (Lipinski definition) is 2. The van der Waals surface area contributed by atoms with E-state index in [2.05, 4.69) is 15.5 Å². The van der Waals surface area contributed by atoms with Crippen LogP contribution in [0.5, 0.6) is 0 Å². The van der Waals surface area contributed by atoms with Gasteiger partial charge in [-0.05, 0) is 52.1 Å². The zero-order chi connectivity index (χ0) is 12.5. The lowest BCUT2D eigenvalue weighted by Gasteiger charge is -2.25. The molecule has 5 heteroatoms. The Hall–Kier alpha value is -0.320. The van der Waals surface area contributed by atoms with E-state index in [0.29, 0.717) is 12.0 Å². The first kappa shape index (κ1) is 15.7. The van der Waals surface area contributed by atoms with Gasteiger partial charge in [0.1, 0.15) is 0 Å². The van der Waals surface area contributed by atoms with E-state index in [1.54, 1.807) is 0 Å². The molecule has 0 aromatic rings. The molecule has 2 N–H and O–H groups in total. The van der Waals surface area contributed by atoms with E-state index in [1.165, 1.54) is 12.8 Å². The predicted octanol–water partition coefficient (Wildman–Crippen LogP) is 1.01. The number of likely N-dealkylation sites (tertiary alicyclic amines) is 1. The Kier molecular flexibility index (Phi) is 5.04. The highest BCUT2D eigenvalue weighted by Gasteiger charge is 2.40. The molecule has 1 unspecified atom stereocenters. The summed E-state index contributed by atoms with van der Waals surface area (Å²) in [5.41, 5.74) is 0.339. The van der Waals surface area contributed by atoms with Crippen LogP contribution in [0.4, 0.5) is 0 Å². The number of rotatable bonds is 2. The third kappa shape index (κ3) is 4.11. The van der Waals surface area contributed by atoms with Gasteiger partial charge in [0.25, 0.3) is 0 Å². The van der Waals surface area contributed by atoms with Crippen molar-refractivity contribution in [2.24, 2.45) is 5.41 Å². The van der Waals surface area contributed by atoms with E-state index < -0.39 is 0 Å². The van der Waals surface area contributed by atoms with Crippen molar-refractivity contribution in [2.45, 2.75) is 39.2 Å². The van der Waals surface area contributed by atoms with E-state index in [4.69, 9.17) is 0 Å². The lowest BCUT2D eigenvalue weighted by atomic mass is 9.87. The zero-order valence-electron chi connectivity index (χ0n) is 11.7. The highest BCUT2D eigenvalue weighted by atomic mass is 35.5. The molecule has 106 valence electrons. The fourth-order valence-corrected chi connectivity index (χ4v) is 2.97. The minimum Gasteiger partial charge on any atom is -0.350 e. The number of hydrogen-bond acceptors (Lipinski definition) is 3. The van der Waals surface area contributed by atoms with Crippen LogP contribution in [-0.2, 0) is 4.79 Å². The molecule has 18 heavy (non-hydrogen) atoms. The lowest BCUT2D eigenvalue weighted by molar-refractivity contribution is -0.123. The highest BCUT2D eigenvalue weighted by molar-refractivity contribution is 5.85. The second-order valence-corrected chi connectivity index (χ2v) is 6.69. The topological polar surface area (TPSA) is 44.4 Å². The average Bonchev–Trinajstić information content (AvgIpc) is 2.75. The Bertz CT molecular complexity index is 295. The minimum absolute atomic E-state index is 0. The Morgan fingerprint density at radius 3 is 2.67 bits per heavy atom. The molecule has 1 amide bonds. The molecule has 0 saturated carbocycles. The number of nitrogens with one attached hydrogen (secondary N) is 2. The van der Waals surface area contributed by atoms with Gasteiger partial charge >= 0.3 is 0 Å². The Morgan fingerprint density at radius 1 is 1.39 bits per heavy atom. The van der Waals surface area contributed by atoms with Gasteiger partial charge in [-0.3, -0.25) is 9.69 Å². The first-order valence-electron chi connectivity index (χ1n) is 6.63. The number of carbonyl (C=O) groups excluding carboxylic acids is 1. The summed E-state index contributed by atoms with van der Waals surface area (Å²) in [6.07, 6.45) is 2.51. The number of carbonyl (C=O) groups is 1. The van der Waals surface area contributed by atoms with Gasteiger partial charge in [0.05, 0.1) is 6.54 Å². The summed E-state index contributed by atoms with van der Waals surface area (Å²) in [5.74, 6) is 0.153. The molecule has 2 aliphatic heterocycles. The summed E-state index contributed by atoms with van der Waals surface area (Å²) in [7, 11) is 0. The quantitative estimate of drug-likeness (QED) is 0.791. The summed E-state index contributed by atoms with van der Waals surface area (Å²) in [5, 5.41) is 6.47. The van der Waals surface area contributed by atoms with Crippen molar-refractivity contribution in [3.05, 3.63) is 0 Å². The van der Waals surface area contributed by atoms with Gasteiger partial charge in [0, 0.05) is 18.6 Å². The summed E-state index contributed by atoms with van der Waals surface area (Å²) >= 11 is 0. The van der Waals surface area contributed by atoms with Crippen LogP contribution >= 0.6 is 12.4 Å². The second-order valence-electron chi connectivity index (χ2n) is 6.69. The molecule has 2 fully saturated rings. The second kappa shape index (κ2) is 5.76. The smallest absolute Gasteiger partial charge is 0.234 e. The summed E-state index contributed by atoms with van der Waals surface area (Å²) in [6, 6.07) is 0. The van der Waals surface area contributed by atoms with Crippen LogP contribution in [0.25, 0.3) is 0 Å². The van der Waals surface area contributed by atoms with Gasteiger partial charge in [-0.1, -0.05) is 0 Å². The summed E-state index contributed by atoms with van der Waals surface area (Å²) in [6.45, 7) is 11.0. The Labute approximate surface area is 116 Å². The number of amides is 1. The fraction of sp³-hybridized carbons (Fsp3) is 0.923. The van der Waals surface area contributed by atoms with Gasteiger partial charge in [-0.15, -0.1) is 12.4 Å². The largest absolute Gasteiger partial charge is 0.350 e. The highest BCUT2D eigenvalue weighted by Crippen LogP contribution is 2.35. The average molecular weight is 276 g/mol. The van der Waals surface area contributed by atoms with Crippen LogP contribution in [0, 0.1) is 5.41 Å². The molecule has 2 rings (SSSR count). The predicted molar refractivity (Wildman–Crippen MR) is 76.1 cm³/mol. The van der Waals surface area contributed by atoms with Crippen LogP contribution in [0.1, 0.15) is 33.6 Å². The third-order valence-electron chi connectivity index (χ3n) is 3.73. The summed E-state index contributed by atoms with van der Waals surface area (Å²) < 4.78 is 0. The van der Waals surface area contributed by atoms with E-state index >= 15 is 0 Å². The van der Waals surface area contributed by atoms with Gasteiger partial charge < -0.3 is 10.6 Å². The van der Waals surface area contributed by atoms with Crippen molar-refractivity contribution in [3.8, 4) is 0 Å². The van der Waals surface area contributed by atoms with Crippen molar-refractivity contribution in [3.63, 3.8) is 0 Å². The molecule has 2 saturated heterocycles. The maximum Gasteiger partial charge on any atom is 0.234 e. The molecule has 0 aromatic carbocycles. The van der Waals surface area contributed by atoms with Crippen LogP contribution in [0.2, 0.25) is 0 Å². The molecule has 2 heterocycles. The van der Waals surface area contributed by atoms with Crippen molar-refractivity contribution in [2.75, 3.05) is 32.7 Å². The minimum atomic E-state index is -0.122. The molecule has 0 bridgehead atoms. The molecule has 1 atom stereocenters. The van der Waals surface area contributed by atoms with Crippen LogP contribution in [-0.4, -0.2) is 49.1 Å².